The molecule has 0 atom stereocenters. The average Bonchev–Trinajstić information content (AvgIpc) is 2.60. The third kappa shape index (κ3) is 2.89. The summed E-state index contributed by atoms with van der Waals surface area (Å²) in [6.45, 7) is 0.732. The highest BCUT2D eigenvalue weighted by atomic mass is 32.2. The molecule has 22 heavy (non-hydrogen) atoms. The van der Waals surface area contributed by atoms with Gasteiger partial charge in [-0.1, -0.05) is 25.3 Å². The molecule has 1 aliphatic carbocycles. The van der Waals surface area contributed by atoms with E-state index in [1.165, 1.54) is 0 Å². The van der Waals surface area contributed by atoms with Crippen LogP contribution in [0.4, 0.5) is 0 Å². The summed E-state index contributed by atoms with van der Waals surface area (Å²) in [5.41, 5.74) is 0.938. The van der Waals surface area contributed by atoms with Crippen LogP contribution >= 0.6 is 0 Å². The van der Waals surface area contributed by atoms with Gasteiger partial charge in [-0.25, -0.2) is 8.42 Å². The smallest absolute Gasteiger partial charge is 0.224 e. The highest BCUT2D eigenvalue weighted by molar-refractivity contribution is 7.92. The number of carbonyl (C=O) groups is 1. The van der Waals surface area contributed by atoms with Gasteiger partial charge in [0.1, 0.15) is 0 Å². The van der Waals surface area contributed by atoms with E-state index in [0.717, 1.165) is 24.8 Å². The number of hydrogen-bond donors (Lipinski definition) is 0. The molecule has 5 nitrogen and oxygen atoms in total. The molecule has 3 rings (SSSR count). The monoisotopic (exact) mass is 322 g/mol. The van der Waals surface area contributed by atoms with Crippen molar-refractivity contribution in [2.75, 3.05) is 12.3 Å². The number of hydrogen-bond acceptors (Lipinski definition) is 4. The molecule has 0 N–H and O–H groups in total. The van der Waals surface area contributed by atoms with Crippen LogP contribution in [0.1, 0.15) is 44.1 Å². The lowest BCUT2D eigenvalue weighted by atomic mass is 9.85. The largest absolute Gasteiger partial charge is 0.337 e. The molecule has 1 spiro atoms. The van der Waals surface area contributed by atoms with Gasteiger partial charge < -0.3 is 4.90 Å². The SMILES string of the molecule is O=C1CC2(CCCCC2)S(=O)(=O)CCN1Cc1cccnc1. The van der Waals surface area contributed by atoms with Gasteiger partial charge in [0.15, 0.2) is 9.84 Å². The molecular weight excluding hydrogens is 300 g/mol. The minimum atomic E-state index is -3.22. The summed E-state index contributed by atoms with van der Waals surface area (Å²) < 4.78 is 24.7. The van der Waals surface area contributed by atoms with Crippen molar-refractivity contribution < 1.29 is 13.2 Å². The first-order valence-corrected chi connectivity index (χ1v) is 9.57. The van der Waals surface area contributed by atoms with Crippen LogP contribution in [-0.4, -0.2) is 41.3 Å². The van der Waals surface area contributed by atoms with Crippen molar-refractivity contribution in [2.45, 2.75) is 49.8 Å². The molecular formula is C16H22N2O3S. The Balaban J connectivity index is 1.82. The summed E-state index contributed by atoms with van der Waals surface area (Å²) >= 11 is 0. The standard InChI is InChI=1S/C16H22N2O3S/c19-15-11-16(6-2-1-3-7-16)22(20,21)10-9-18(15)13-14-5-4-8-17-12-14/h4-5,8,12H,1-3,6-7,9-11,13H2. The number of sulfone groups is 1. The first-order chi connectivity index (χ1) is 10.5. The Kier molecular flexibility index (Phi) is 4.21. The fourth-order valence-corrected chi connectivity index (χ4v) is 5.78. The van der Waals surface area contributed by atoms with E-state index in [1.54, 1.807) is 17.3 Å². The van der Waals surface area contributed by atoms with E-state index >= 15 is 0 Å². The van der Waals surface area contributed by atoms with Crippen LogP contribution in [0, 0.1) is 0 Å². The quantitative estimate of drug-likeness (QED) is 0.834. The fourth-order valence-electron chi connectivity index (χ4n) is 3.63. The molecule has 2 fully saturated rings. The van der Waals surface area contributed by atoms with Gasteiger partial charge in [0.2, 0.25) is 5.91 Å². The van der Waals surface area contributed by atoms with Crippen molar-refractivity contribution in [1.29, 1.82) is 0 Å². The number of carbonyl (C=O) groups excluding carboxylic acids is 1. The number of aromatic nitrogens is 1. The van der Waals surface area contributed by atoms with E-state index in [-0.39, 0.29) is 24.6 Å². The molecule has 1 saturated heterocycles. The van der Waals surface area contributed by atoms with Crippen LogP contribution in [-0.2, 0) is 21.2 Å². The van der Waals surface area contributed by atoms with Gasteiger partial charge in [-0.05, 0) is 24.5 Å². The Morgan fingerprint density at radius 2 is 2.00 bits per heavy atom. The molecule has 6 heteroatoms. The van der Waals surface area contributed by atoms with E-state index in [9.17, 15) is 13.2 Å². The zero-order valence-electron chi connectivity index (χ0n) is 12.7. The minimum Gasteiger partial charge on any atom is -0.337 e. The van der Waals surface area contributed by atoms with Crippen LogP contribution < -0.4 is 0 Å². The first-order valence-electron chi connectivity index (χ1n) is 7.91. The van der Waals surface area contributed by atoms with Crippen LogP contribution in [0.5, 0.6) is 0 Å². The summed E-state index contributed by atoms with van der Waals surface area (Å²) in [5, 5.41) is 0. The van der Waals surface area contributed by atoms with Gasteiger partial charge in [0, 0.05) is 31.9 Å². The number of pyridine rings is 1. The van der Waals surface area contributed by atoms with Crippen molar-refractivity contribution in [3.8, 4) is 0 Å². The normalized spacial score (nSPS) is 24.2. The highest BCUT2D eigenvalue weighted by Gasteiger charge is 2.48. The molecule has 1 amide bonds. The predicted octanol–water partition coefficient (Wildman–Crippen LogP) is 1.93. The third-order valence-electron chi connectivity index (χ3n) is 4.98. The highest BCUT2D eigenvalue weighted by Crippen LogP contribution is 2.40. The van der Waals surface area contributed by atoms with Crippen molar-refractivity contribution in [3.63, 3.8) is 0 Å². The van der Waals surface area contributed by atoms with Gasteiger partial charge in [0.25, 0.3) is 0 Å². The van der Waals surface area contributed by atoms with Crippen molar-refractivity contribution in [3.05, 3.63) is 30.1 Å². The zero-order valence-corrected chi connectivity index (χ0v) is 13.5. The van der Waals surface area contributed by atoms with Crippen LogP contribution in [0.25, 0.3) is 0 Å². The maximum atomic E-state index is 12.7. The van der Waals surface area contributed by atoms with E-state index in [0.29, 0.717) is 19.4 Å². The van der Waals surface area contributed by atoms with Crippen LogP contribution in [0.3, 0.4) is 0 Å². The summed E-state index contributed by atoms with van der Waals surface area (Å²) in [6, 6.07) is 3.74. The maximum absolute atomic E-state index is 12.7. The Bertz CT molecular complexity index is 637. The van der Waals surface area contributed by atoms with Crippen molar-refractivity contribution >= 4 is 15.7 Å². The lowest BCUT2D eigenvalue weighted by molar-refractivity contribution is -0.132. The second-order valence-corrected chi connectivity index (χ2v) is 8.92. The Morgan fingerprint density at radius 1 is 1.23 bits per heavy atom. The van der Waals surface area contributed by atoms with Gasteiger partial charge in [-0.3, -0.25) is 9.78 Å². The third-order valence-corrected chi connectivity index (χ3v) is 7.57. The zero-order chi connectivity index (χ0) is 15.6. The van der Waals surface area contributed by atoms with E-state index in [2.05, 4.69) is 4.98 Å². The summed E-state index contributed by atoms with van der Waals surface area (Å²) in [7, 11) is -3.22. The second-order valence-electron chi connectivity index (χ2n) is 6.42. The van der Waals surface area contributed by atoms with Gasteiger partial charge in [0.05, 0.1) is 10.5 Å². The van der Waals surface area contributed by atoms with E-state index < -0.39 is 14.6 Å². The fraction of sp³-hybridized carbons (Fsp3) is 0.625. The van der Waals surface area contributed by atoms with E-state index in [4.69, 9.17) is 0 Å². The number of rotatable bonds is 2. The summed E-state index contributed by atoms with van der Waals surface area (Å²) in [6.07, 6.45) is 7.74. The summed E-state index contributed by atoms with van der Waals surface area (Å²) in [4.78, 5) is 18.4. The molecule has 0 aromatic carbocycles. The molecule has 1 aliphatic heterocycles. The molecule has 0 bridgehead atoms. The van der Waals surface area contributed by atoms with Gasteiger partial charge >= 0.3 is 0 Å². The van der Waals surface area contributed by atoms with E-state index in [1.807, 2.05) is 12.1 Å². The van der Waals surface area contributed by atoms with Gasteiger partial charge in [-0.2, -0.15) is 0 Å². The topological polar surface area (TPSA) is 67.3 Å². The predicted molar refractivity (Wildman–Crippen MR) is 83.9 cm³/mol. The van der Waals surface area contributed by atoms with Crippen molar-refractivity contribution in [1.82, 2.24) is 9.88 Å². The second kappa shape index (κ2) is 5.99. The lowest BCUT2D eigenvalue weighted by Crippen LogP contribution is -2.42. The molecule has 0 unspecified atom stereocenters. The summed E-state index contributed by atoms with van der Waals surface area (Å²) in [5.74, 6) is 0.0470. The Labute approximate surface area is 131 Å². The number of nitrogens with zero attached hydrogens (tertiary/aromatic N) is 2. The Morgan fingerprint density at radius 3 is 2.68 bits per heavy atom. The van der Waals surface area contributed by atoms with Crippen LogP contribution in [0.15, 0.2) is 24.5 Å². The van der Waals surface area contributed by atoms with Crippen molar-refractivity contribution in [2.24, 2.45) is 0 Å². The molecule has 2 heterocycles. The van der Waals surface area contributed by atoms with Gasteiger partial charge in [-0.15, -0.1) is 0 Å². The molecule has 2 aliphatic rings. The molecule has 0 radical (unpaired) electrons. The lowest BCUT2D eigenvalue weighted by Gasteiger charge is -2.34. The molecule has 120 valence electrons. The number of amides is 1. The maximum Gasteiger partial charge on any atom is 0.224 e. The Hall–Kier alpha value is -1.43. The van der Waals surface area contributed by atoms with Crippen LogP contribution in [0.2, 0.25) is 0 Å². The first kappa shape index (κ1) is 15.5. The molecule has 1 aromatic rings. The minimum absolute atomic E-state index is 0.0353. The average molecular weight is 322 g/mol. The molecule has 1 saturated carbocycles. The molecule has 1 aromatic heterocycles.